The zero-order chi connectivity index (χ0) is 20.9. The van der Waals surface area contributed by atoms with Crippen LogP contribution in [0.2, 0.25) is 0 Å². The van der Waals surface area contributed by atoms with Gasteiger partial charge in [-0.05, 0) is 77.3 Å². The smallest absolute Gasteiger partial charge is 0.0322 e. The lowest BCUT2D eigenvalue weighted by Crippen LogP contribution is -2.59. The second kappa shape index (κ2) is 7.97. The summed E-state index contributed by atoms with van der Waals surface area (Å²) in [6.07, 6.45) is 9.53. The Bertz CT molecular complexity index is 869. The second-order valence-corrected chi connectivity index (χ2v) is 13.0. The van der Waals surface area contributed by atoms with Gasteiger partial charge in [0.05, 0.1) is 0 Å². The molecule has 2 bridgehead atoms. The fourth-order valence-electron chi connectivity index (χ4n) is 7.02. The number of halogens is 2. The fourth-order valence-corrected chi connectivity index (χ4v) is 7.38. The van der Waals surface area contributed by atoms with Crippen molar-refractivity contribution < 1.29 is 0 Å². The number of fused-ring (bicyclic) bond motifs is 3. The van der Waals surface area contributed by atoms with Gasteiger partial charge in [0.2, 0.25) is 0 Å². The van der Waals surface area contributed by atoms with E-state index >= 15 is 0 Å². The Hall–Kier alpha value is -0.350. The number of rotatable bonds is 1. The first kappa shape index (κ1) is 21.9. The van der Waals surface area contributed by atoms with Gasteiger partial charge in [-0.1, -0.05) is 109 Å². The van der Waals surface area contributed by atoms with Crippen molar-refractivity contribution in [2.75, 3.05) is 0 Å². The standard InChI is InChI=1S/C23H25Br.C4H9I/c1-21-11-5-13-22(2,14-6-12-21)23(21)19-8-4-3-7-17(19)18-10-9-16(24)15-20(18)23;1-3-4(2)5/h3-4,7-10,15H,5-6,11-14H2,1-2H3;4H,3H2,1-2H3. The minimum Gasteiger partial charge on any atom is -0.0829 e. The number of hydrogen-bond acceptors (Lipinski definition) is 0. The minimum absolute atomic E-state index is 0.187. The van der Waals surface area contributed by atoms with E-state index in [1.54, 1.807) is 11.1 Å². The van der Waals surface area contributed by atoms with Crippen LogP contribution >= 0.6 is 38.5 Å². The molecule has 0 heterocycles. The normalized spacial score (nSPS) is 32.8. The summed E-state index contributed by atoms with van der Waals surface area (Å²) in [6.45, 7) is 9.59. The maximum Gasteiger partial charge on any atom is 0.0322 e. The van der Waals surface area contributed by atoms with E-state index in [1.807, 2.05) is 0 Å². The molecule has 2 heteroatoms. The van der Waals surface area contributed by atoms with Gasteiger partial charge in [-0.3, -0.25) is 0 Å². The molecule has 0 N–H and O–H groups in total. The van der Waals surface area contributed by atoms with Crippen LogP contribution in [0.4, 0.5) is 0 Å². The van der Waals surface area contributed by atoms with Gasteiger partial charge < -0.3 is 0 Å². The van der Waals surface area contributed by atoms with Gasteiger partial charge in [0.1, 0.15) is 0 Å². The molecule has 0 nitrogen and oxygen atoms in total. The van der Waals surface area contributed by atoms with Crippen molar-refractivity contribution in [1.82, 2.24) is 0 Å². The van der Waals surface area contributed by atoms with Crippen molar-refractivity contribution in [2.45, 2.75) is 82.0 Å². The molecule has 0 radical (unpaired) electrons. The molecule has 1 spiro atoms. The van der Waals surface area contributed by atoms with E-state index in [2.05, 4.69) is 109 Å². The lowest BCUT2D eigenvalue weighted by molar-refractivity contribution is -0.0629. The van der Waals surface area contributed by atoms with Crippen LogP contribution in [0, 0.1) is 10.8 Å². The molecule has 2 fully saturated rings. The first-order chi connectivity index (χ1) is 13.8. The summed E-state index contributed by atoms with van der Waals surface area (Å²) < 4.78 is 2.08. The third-order valence-electron chi connectivity index (χ3n) is 8.29. The molecule has 1 unspecified atom stereocenters. The van der Waals surface area contributed by atoms with Crippen molar-refractivity contribution in [3.63, 3.8) is 0 Å². The van der Waals surface area contributed by atoms with Crippen LogP contribution < -0.4 is 0 Å². The summed E-state index contributed by atoms with van der Waals surface area (Å²) in [5.74, 6) is 0. The lowest BCUT2D eigenvalue weighted by atomic mass is 9.38. The molecule has 3 aliphatic rings. The average molecular weight is 565 g/mol. The molecule has 2 saturated carbocycles. The van der Waals surface area contributed by atoms with Crippen LogP contribution in [0.5, 0.6) is 0 Å². The maximum absolute atomic E-state index is 3.77. The molecule has 0 saturated heterocycles. The Morgan fingerprint density at radius 3 is 1.97 bits per heavy atom. The van der Waals surface area contributed by atoms with Gasteiger partial charge in [-0.15, -0.1) is 0 Å². The number of hydrogen-bond donors (Lipinski definition) is 0. The zero-order valence-electron chi connectivity index (χ0n) is 18.3. The third-order valence-corrected chi connectivity index (χ3v) is 9.67. The highest BCUT2D eigenvalue weighted by Gasteiger charge is 2.66. The highest BCUT2D eigenvalue weighted by molar-refractivity contribution is 14.1. The monoisotopic (exact) mass is 564 g/mol. The van der Waals surface area contributed by atoms with Crippen LogP contribution in [0.3, 0.4) is 0 Å². The van der Waals surface area contributed by atoms with E-state index in [4.69, 9.17) is 0 Å². The summed E-state index contributed by atoms with van der Waals surface area (Å²) in [7, 11) is 0. The molecule has 3 aliphatic carbocycles. The molecule has 0 amide bonds. The quantitative estimate of drug-likeness (QED) is 0.239. The number of benzene rings is 2. The first-order valence-electron chi connectivity index (χ1n) is 11.3. The van der Waals surface area contributed by atoms with Gasteiger partial charge in [0.15, 0.2) is 0 Å². The molecule has 29 heavy (non-hydrogen) atoms. The fraction of sp³-hybridized carbons (Fsp3) is 0.556. The van der Waals surface area contributed by atoms with Crippen molar-refractivity contribution in [1.29, 1.82) is 0 Å². The zero-order valence-corrected chi connectivity index (χ0v) is 22.1. The average Bonchev–Trinajstić information content (AvgIpc) is 2.97. The van der Waals surface area contributed by atoms with Gasteiger partial charge >= 0.3 is 0 Å². The molecular formula is C27H34BrI. The summed E-state index contributed by atoms with van der Waals surface area (Å²) in [4.78, 5) is 0. The Morgan fingerprint density at radius 2 is 1.41 bits per heavy atom. The Labute approximate surface area is 199 Å². The maximum atomic E-state index is 3.77. The summed E-state index contributed by atoms with van der Waals surface area (Å²) in [6, 6.07) is 16.3. The van der Waals surface area contributed by atoms with Gasteiger partial charge in [-0.2, -0.15) is 0 Å². The van der Waals surface area contributed by atoms with Crippen LogP contribution in [0.1, 0.15) is 83.8 Å². The van der Waals surface area contributed by atoms with Crippen LogP contribution in [-0.4, -0.2) is 3.92 Å². The molecule has 1 atom stereocenters. The van der Waals surface area contributed by atoms with E-state index < -0.39 is 0 Å². The van der Waals surface area contributed by atoms with Crippen LogP contribution in [0.25, 0.3) is 11.1 Å². The van der Waals surface area contributed by atoms with E-state index in [0.29, 0.717) is 10.8 Å². The van der Waals surface area contributed by atoms with Crippen molar-refractivity contribution in [3.05, 3.63) is 58.1 Å². The van der Waals surface area contributed by atoms with E-state index in [-0.39, 0.29) is 5.41 Å². The highest BCUT2D eigenvalue weighted by Crippen LogP contribution is 2.74. The highest BCUT2D eigenvalue weighted by atomic mass is 127. The van der Waals surface area contributed by atoms with E-state index in [0.717, 1.165) is 3.92 Å². The van der Waals surface area contributed by atoms with E-state index in [9.17, 15) is 0 Å². The predicted molar refractivity (Wildman–Crippen MR) is 138 cm³/mol. The van der Waals surface area contributed by atoms with Gasteiger partial charge in [-0.25, -0.2) is 0 Å². The summed E-state index contributed by atoms with van der Waals surface area (Å²) in [5.41, 5.74) is 7.12. The molecule has 0 aromatic heterocycles. The van der Waals surface area contributed by atoms with Crippen LogP contribution in [0.15, 0.2) is 46.9 Å². The van der Waals surface area contributed by atoms with Gasteiger partial charge in [0.25, 0.3) is 0 Å². The molecular weight excluding hydrogens is 531 g/mol. The second-order valence-electron chi connectivity index (χ2n) is 10.0. The number of alkyl halides is 1. The molecule has 156 valence electrons. The summed E-state index contributed by atoms with van der Waals surface area (Å²) in [5, 5.41) is 0. The van der Waals surface area contributed by atoms with Crippen LogP contribution in [-0.2, 0) is 5.41 Å². The molecule has 2 aromatic carbocycles. The van der Waals surface area contributed by atoms with Crippen molar-refractivity contribution in [3.8, 4) is 11.1 Å². The Morgan fingerprint density at radius 1 is 0.897 bits per heavy atom. The molecule has 0 aliphatic heterocycles. The first-order valence-corrected chi connectivity index (χ1v) is 13.4. The third kappa shape index (κ3) is 3.18. The van der Waals surface area contributed by atoms with Crippen molar-refractivity contribution in [2.24, 2.45) is 10.8 Å². The van der Waals surface area contributed by atoms with Crippen molar-refractivity contribution >= 4 is 38.5 Å². The minimum atomic E-state index is 0.187. The summed E-state index contributed by atoms with van der Waals surface area (Å²) >= 11 is 6.18. The molecule has 5 rings (SSSR count). The van der Waals surface area contributed by atoms with E-state index in [1.165, 1.54) is 60.5 Å². The molecule has 2 aromatic rings. The predicted octanol–water partition coefficient (Wildman–Crippen LogP) is 9.32. The Balaban J connectivity index is 0.000000369. The van der Waals surface area contributed by atoms with Gasteiger partial charge in [0, 0.05) is 13.8 Å². The topological polar surface area (TPSA) is 0 Å². The lowest BCUT2D eigenvalue weighted by Gasteiger charge is -2.65. The largest absolute Gasteiger partial charge is 0.0829 e. The Kier molecular flexibility index (Phi) is 6.01. The SMILES string of the molecule is CC12CCCC(C)(CCC1)C21c2ccccc2-c2ccc(Br)cc21.CCC(C)I.